The molecule has 2 rings (SSSR count). The van der Waals surface area contributed by atoms with Crippen LogP contribution in [0.2, 0.25) is 0 Å². The Morgan fingerprint density at radius 2 is 1.92 bits per heavy atom. The summed E-state index contributed by atoms with van der Waals surface area (Å²) in [4.78, 5) is 4.32. The second-order valence-corrected chi connectivity index (χ2v) is 2.71. The Morgan fingerprint density at radius 3 is 2.69 bits per heavy atom. The first-order valence-electron chi connectivity index (χ1n) is 4.05. The second-order valence-electron chi connectivity index (χ2n) is 2.71. The van der Waals surface area contributed by atoms with Crippen molar-refractivity contribution in [1.82, 2.24) is 4.98 Å². The van der Waals surface area contributed by atoms with Gasteiger partial charge in [-0.15, -0.1) is 0 Å². The molecule has 1 heterocycles. The van der Waals surface area contributed by atoms with Crippen LogP contribution in [0.3, 0.4) is 0 Å². The van der Waals surface area contributed by atoms with Gasteiger partial charge in [-0.1, -0.05) is 18.2 Å². The Labute approximate surface area is 87.8 Å². The molecule has 0 atom stereocenters. The Kier molecular flexibility index (Phi) is 3.39. The zero-order valence-electron chi connectivity index (χ0n) is 7.37. The number of para-hydroxylation sites is 1. The van der Waals surface area contributed by atoms with E-state index in [0.29, 0.717) is 0 Å². The number of benzene rings is 1. The van der Waals surface area contributed by atoms with E-state index in [-0.39, 0.29) is 17.0 Å². The molecule has 2 nitrogen and oxygen atoms in total. The molecule has 68 valence electrons. The first-order valence-corrected chi connectivity index (χ1v) is 4.05. The van der Waals surface area contributed by atoms with Crippen molar-refractivity contribution < 1.29 is 22.3 Å². The molecule has 0 aliphatic carbocycles. The summed E-state index contributed by atoms with van der Waals surface area (Å²) in [6.07, 6.45) is 1.83. The van der Waals surface area contributed by atoms with Crippen molar-refractivity contribution in [2.45, 2.75) is 0 Å². The highest BCUT2D eigenvalue weighted by molar-refractivity contribution is 5.86. The molecule has 1 aromatic carbocycles. The SMILES string of the molecule is C[NH2+]c1cccc2cccnc12.[Br-]. The summed E-state index contributed by atoms with van der Waals surface area (Å²) in [5.74, 6) is 0. The number of pyridine rings is 1. The molecule has 2 N–H and O–H groups in total. The lowest BCUT2D eigenvalue weighted by atomic mass is 10.2. The van der Waals surface area contributed by atoms with Gasteiger partial charge in [-0.05, 0) is 6.07 Å². The molecule has 0 bridgehead atoms. The molecule has 0 aliphatic heterocycles. The Balaban J connectivity index is 0.000000845. The van der Waals surface area contributed by atoms with E-state index < -0.39 is 0 Å². The number of aromatic nitrogens is 1. The van der Waals surface area contributed by atoms with Gasteiger partial charge in [0, 0.05) is 17.6 Å². The molecule has 0 spiro atoms. The molecule has 0 unspecified atom stereocenters. The van der Waals surface area contributed by atoms with Crippen LogP contribution in [0, 0.1) is 0 Å². The zero-order valence-corrected chi connectivity index (χ0v) is 8.95. The zero-order chi connectivity index (χ0) is 8.39. The highest BCUT2D eigenvalue weighted by Gasteiger charge is 2.00. The maximum Gasteiger partial charge on any atom is 0.155 e. The average Bonchev–Trinajstić information content (AvgIpc) is 2.17. The van der Waals surface area contributed by atoms with E-state index in [9.17, 15) is 0 Å². The maximum atomic E-state index is 4.32. The monoisotopic (exact) mass is 238 g/mol. The van der Waals surface area contributed by atoms with E-state index in [2.05, 4.69) is 34.6 Å². The van der Waals surface area contributed by atoms with E-state index in [0.717, 1.165) is 5.52 Å². The van der Waals surface area contributed by atoms with Gasteiger partial charge in [0.1, 0.15) is 5.52 Å². The molecule has 2 aromatic rings. The van der Waals surface area contributed by atoms with Crippen LogP contribution in [0.5, 0.6) is 0 Å². The van der Waals surface area contributed by atoms with Crippen LogP contribution in [-0.4, -0.2) is 12.0 Å². The summed E-state index contributed by atoms with van der Waals surface area (Å²) in [7, 11) is 2.03. The summed E-state index contributed by atoms with van der Waals surface area (Å²) in [5.41, 5.74) is 2.29. The summed E-state index contributed by atoms with van der Waals surface area (Å²) >= 11 is 0. The van der Waals surface area contributed by atoms with Crippen LogP contribution in [0.25, 0.3) is 10.9 Å². The first-order chi connectivity index (χ1) is 5.92. The van der Waals surface area contributed by atoms with E-state index in [1.165, 1.54) is 11.1 Å². The summed E-state index contributed by atoms with van der Waals surface area (Å²) in [5, 5.41) is 3.28. The maximum absolute atomic E-state index is 4.32. The van der Waals surface area contributed by atoms with Gasteiger partial charge in [0.2, 0.25) is 0 Å². The standard InChI is InChI=1S/C10H10N2.BrH/c1-11-9-6-2-4-8-5-3-7-12-10(8)9;/h2-7,11H,1H3;1H. The molecule has 1 aromatic heterocycles. The normalized spacial score (nSPS) is 9.62. The van der Waals surface area contributed by atoms with Crippen LogP contribution < -0.4 is 22.3 Å². The number of fused-ring (bicyclic) bond motifs is 1. The van der Waals surface area contributed by atoms with Crippen LogP contribution in [0.4, 0.5) is 5.69 Å². The molecular formula is C10H11BrN2. The number of quaternary nitrogens is 1. The van der Waals surface area contributed by atoms with Gasteiger partial charge >= 0.3 is 0 Å². The summed E-state index contributed by atoms with van der Waals surface area (Å²) in [6, 6.07) is 10.3. The van der Waals surface area contributed by atoms with Crippen LogP contribution in [-0.2, 0) is 0 Å². The van der Waals surface area contributed by atoms with E-state index >= 15 is 0 Å². The highest BCUT2D eigenvalue weighted by atomic mass is 79.9. The number of nitrogens with two attached hydrogens (primary N) is 1. The van der Waals surface area contributed by atoms with Crippen molar-refractivity contribution >= 4 is 16.6 Å². The van der Waals surface area contributed by atoms with Crippen molar-refractivity contribution in [3.63, 3.8) is 0 Å². The molecule has 0 radical (unpaired) electrons. The number of rotatable bonds is 1. The lowest BCUT2D eigenvalue weighted by molar-refractivity contribution is -0.538. The Hall–Kier alpha value is -0.930. The summed E-state index contributed by atoms with van der Waals surface area (Å²) in [6.45, 7) is 0. The predicted octanol–water partition coefficient (Wildman–Crippen LogP) is -1.94. The Bertz CT molecular complexity index is 396. The third kappa shape index (κ3) is 1.87. The molecule has 3 heteroatoms. The minimum Gasteiger partial charge on any atom is -1.00 e. The van der Waals surface area contributed by atoms with Crippen molar-refractivity contribution in [2.75, 3.05) is 7.05 Å². The summed E-state index contributed by atoms with van der Waals surface area (Å²) < 4.78 is 0. The fourth-order valence-corrected chi connectivity index (χ4v) is 1.36. The largest absolute Gasteiger partial charge is 1.00 e. The van der Waals surface area contributed by atoms with Gasteiger partial charge in [0.05, 0.1) is 7.05 Å². The van der Waals surface area contributed by atoms with Crippen molar-refractivity contribution in [1.29, 1.82) is 0 Å². The lowest BCUT2D eigenvalue weighted by Crippen LogP contribution is -3.00. The fraction of sp³-hybridized carbons (Fsp3) is 0.100. The molecule has 0 saturated carbocycles. The third-order valence-corrected chi connectivity index (χ3v) is 1.97. The molecular weight excluding hydrogens is 228 g/mol. The minimum atomic E-state index is 0. The van der Waals surface area contributed by atoms with Gasteiger partial charge in [0.15, 0.2) is 5.69 Å². The van der Waals surface area contributed by atoms with Crippen molar-refractivity contribution in [2.24, 2.45) is 0 Å². The van der Waals surface area contributed by atoms with Crippen molar-refractivity contribution in [3.8, 4) is 0 Å². The van der Waals surface area contributed by atoms with Crippen LogP contribution >= 0.6 is 0 Å². The van der Waals surface area contributed by atoms with Crippen molar-refractivity contribution in [3.05, 3.63) is 36.5 Å². The topological polar surface area (TPSA) is 29.5 Å². The number of nitrogens with zero attached hydrogens (tertiary/aromatic N) is 1. The van der Waals surface area contributed by atoms with Crippen LogP contribution in [0.15, 0.2) is 36.5 Å². The quantitative estimate of drug-likeness (QED) is 0.577. The molecule has 0 aliphatic rings. The number of hydrogen-bond acceptors (Lipinski definition) is 1. The first kappa shape index (κ1) is 10.2. The number of halogens is 1. The van der Waals surface area contributed by atoms with E-state index in [4.69, 9.17) is 0 Å². The predicted molar refractivity (Wildman–Crippen MR) is 49.3 cm³/mol. The van der Waals surface area contributed by atoms with Gasteiger partial charge in [-0.2, -0.15) is 0 Å². The van der Waals surface area contributed by atoms with Gasteiger partial charge in [0.25, 0.3) is 0 Å². The average molecular weight is 239 g/mol. The molecule has 0 fully saturated rings. The molecule has 13 heavy (non-hydrogen) atoms. The smallest absolute Gasteiger partial charge is 0.155 e. The minimum absolute atomic E-state index is 0. The van der Waals surface area contributed by atoms with Crippen LogP contribution in [0.1, 0.15) is 0 Å². The van der Waals surface area contributed by atoms with Gasteiger partial charge in [-0.3, -0.25) is 0 Å². The number of hydrogen-bond donors (Lipinski definition) is 1. The second kappa shape index (κ2) is 4.35. The fourth-order valence-electron chi connectivity index (χ4n) is 1.36. The van der Waals surface area contributed by atoms with E-state index in [1.54, 1.807) is 0 Å². The van der Waals surface area contributed by atoms with Gasteiger partial charge < -0.3 is 22.3 Å². The lowest BCUT2D eigenvalue weighted by Gasteiger charge is -1.98. The van der Waals surface area contributed by atoms with E-state index in [1.807, 2.05) is 19.3 Å². The highest BCUT2D eigenvalue weighted by Crippen LogP contribution is 2.15. The molecule has 0 saturated heterocycles. The molecule has 0 amide bonds. The Morgan fingerprint density at radius 1 is 1.15 bits per heavy atom. The third-order valence-electron chi connectivity index (χ3n) is 1.97. The van der Waals surface area contributed by atoms with Gasteiger partial charge in [-0.25, -0.2) is 4.98 Å².